The van der Waals surface area contributed by atoms with Crippen molar-refractivity contribution in [3.8, 4) is 0 Å². The average molecular weight is 264 g/mol. The molecule has 0 saturated heterocycles. The van der Waals surface area contributed by atoms with Crippen LogP contribution in [0.4, 0.5) is 0 Å². The summed E-state index contributed by atoms with van der Waals surface area (Å²) in [6.45, 7) is 7.73. The Bertz CT molecular complexity index is 480. The van der Waals surface area contributed by atoms with E-state index in [0.29, 0.717) is 6.54 Å². The number of hydrogen-bond acceptors (Lipinski definition) is 5. The van der Waals surface area contributed by atoms with Crippen molar-refractivity contribution in [2.75, 3.05) is 13.1 Å². The van der Waals surface area contributed by atoms with Gasteiger partial charge in [0, 0.05) is 25.2 Å². The van der Waals surface area contributed by atoms with Crippen LogP contribution in [0.2, 0.25) is 0 Å². The molecule has 7 heteroatoms. The van der Waals surface area contributed by atoms with Gasteiger partial charge in [-0.1, -0.05) is 0 Å². The Labute approximate surface area is 112 Å². The zero-order chi connectivity index (χ0) is 13.8. The molecule has 0 spiro atoms. The molecule has 0 aliphatic carbocycles. The first-order valence-electron chi connectivity index (χ1n) is 6.56. The minimum atomic E-state index is -0.150. The number of nitrogens with zero attached hydrogens (tertiary/aromatic N) is 5. The first kappa shape index (κ1) is 13.5. The summed E-state index contributed by atoms with van der Waals surface area (Å²) in [5.74, 6) is 0.730. The lowest BCUT2D eigenvalue weighted by Gasteiger charge is -2.17. The van der Waals surface area contributed by atoms with Crippen molar-refractivity contribution in [2.24, 2.45) is 5.10 Å². The van der Waals surface area contributed by atoms with Crippen LogP contribution in [0.5, 0.6) is 0 Å². The van der Waals surface area contributed by atoms with Crippen molar-refractivity contribution in [3.63, 3.8) is 0 Å². The Morgan fingerprint density at radius 2 is 2.37 bits per heavy atom. The number of aromatic nitrogens is 3. The number of aryl methyl sites for hydroxylation is 1. The number of nitrogens with one attached hydrogen (secondary N) is 1. The number of carbonyl (C=O) groups is 1. The minimum Gasteiger partial charge on any atom is -0.345 e. The van der Waals surface area contributed by atoms with E-state index in [1.165, 1.54) is 6.33 Å². The predicted octanol–water partition coefficient (Wildman–Crippen LogP) is 0.557. The standard InChI is InChI=1S/C12H20N6O/c1-4-18-12(13-8-14-18)10(3)15-11(19)7-17-6-5-9(2)16-17/h8,10H,4-7H2,1-3H3,(H,15,19). The summed E-state index contributed by atoms with van der Waals surface area (Å²) >= 11 is 0. The van der Waals surface area contributed by atoms with Crippen LogP contribution in [0.1, 0.15) is 39.1 Å². The van der Waals surface area contributed by atoms with Crippen LogP contribution in [0.25, 0.3) is 0 Å². The number of amides is 1. The Hall–Kier alpha value is -1.92. The summed E-state index contributed by atoms with van der Waals surface area (Å²) < 4.78 is 1.78. The summed E-state index contributed by atoms with van der Waals surface area (Å²) in [5.41, 5.74) is 1.08. The van der Waals surface area contributed by atoms with E-state index in [1.54, 1.807) is 9.69 Å². The van der Waals surface area contributed by atoms with Gasteiger partial charge in [-0.15, -0.1) is 0 Å². The zero-order valence-electron chi connectivity index (χ0n) is 11.6. The second kappa shape index (κ2) is 5.81. The first-order valence-corrected chi connectivity index (χ1v) is 6.56. The van der Waals surface area contributed by atoms with E-state index in [-0.39, 0.29) is 11.9 Å². The van der Waals surface area contributed by atoms with E-state index in [4.69, 9.17) is 0 Å². The summed E-state index contributed by atoms with van der Waals surface area (Å²) in [4.78, 5) is 16.1. The quantitative estimate of drug-likeness (QED) is 0.843. The fourth-order valence-corrected chi connectivity index (χ4v) is 2.12. The maximum atomic E-state index is 11.9. The molecule has 1 atom stereocenters. The molecule has 0 fully saturated rings. The molecule has 0 radical (unpaired) electrons. The Morgan fingerprint density at radius 3 is 3.00 bits per heavy atom. The largest absolute Gasteiger partial charge is 0.345 e. The highest BCUT2D eigenvalue weighted by Crippen LogP contribution is 2.09. The van der Waals surface area contributed by atoms with Gasteiger partial charge in [0.2, 0.25) is 5.91 Å². The highest BCUT2D eigenvalue weighted by Gasteiger charge is 2.18. The fraction of sp³-hybridized carbons (Fsp3) is 0.667. The molecule has 1 aliphatic rings. The second-order valence-corrected chi connectivity index (χ2v) is 4.70. The third-order valence-corrected chi connectivity index (χ3v) is 3.08. The van der Waals surface area contributed by atoms with Gasteiger partial charge in [0.1, 0.15) is 18.7 Å². The number of rotatable bonds is 5. The van der Waals surface area contributed by atoms with Gasteiger partial charge in [0.25, 0.3) is 0 Å². The minimum absolute atomic E-state index is 0.0448. The molecule has 1 amide bonds. The van der Waals surface area contributed by atoms with Crippen molar-refractivity contribution in [1.29, 1.82) is 0 Å². The molecule has 1 unspecified atom stereocenters. The van der Waals surface area contributed by atoms with Crippen LogP contribution in [-0.4, -0.2) is 44.5 Å². The van der Waals surface area contributed by atoms with Crippen LogP contribution < -0.4 is 5.32 Å². The fourth-order valence-electron chi connectivity index (χ4n) is 2.12. The molecule has 104 valence electrons. The molecule has 19 heavy (non-hydrogen) atoms. The molecule has 2 heterocycles. The van der Waals surface area contributed by atoms with Gasteiger partial charge in [-0.25, -0.2) is 9.67 Å². The lowest BCUT2D eigenvalue weighted by molar-refractivity contribution is -0.122. The first-order chi connectivity index (χ1) is 9.10. The molecular formula is C12H20N6O. The predicted molar refractivity (Wildman–Crippen MR) is 71.6 cm³/mol. The molecule has 1 aromatic rings. The highest BCUT2D eigenvalue weighted by atomic mass is 16.2. The van der Waals surface area contributed by atoms with Gasteiger partial charge in [0.05, 0.1) is 6.04 Å². The van der Waals surface area contributed by atoms with E-state index in [0.717, 1.165) is 31.0 Å². The van der Waals surface area contributed by atoms with E-state index in [1.807, 2.05) is 20.8 Å². The van der Waals surface area contributed by atoms with E-state index in [9.17, 15) is 4.79 Å². The highest BCUT2D eigenvalue weighted by molar-refractivity contribution is 5.84. The zero-order valence-corrected chi connectivity index (χ0v) is 11.6. The summed E-state index contributed by atoms with van der Waals surface area (Å²) in [7, 11) is 0. The van der Waals surface area contributed by atoms with Crippen molar-refractivity contribution in [1.82, 2.24) is 25.1 Å². The van der Waals surface area contributed by atoms with Crippen LogP contribution in [0.15, 0.2) is 11.4 Å². The van der Waals surface area contributed by atoms with E-state index in [2.05, 4.69) is 20.5 Å². The molecule has 1 aromatic heterocycles. The van der Waals surface area contributed by atoms with Crippen molar-refractivity contribution in [2.45, 2.75) is 39.8 Å². The smallest absolute Gasteiger partial charge is 0.241 e. The summed E-state index contributed by atoms with van der Waals surface area (Å²) in [6.07, 6.45) is 2.45. The third kappa shape index (κ3) is 3.30. The van der Waals surface area contributed by atoms with Gasteiger partial charge in [-0.05, 0) is 20.8 Å². The number of carbonyl (C=O) groups excluding carboxylic acids is 1. The average Bonchev–Trinajstić information content (AvgIpc) is 2.97. The number of hydrazone groups is 1. The van der Waals surface area contributed by atoms with Gasteiger partial charge >= 0.3 is 0 Å². The third-order valence-electron chi connectivity index (χ3n) is 3.08. The molecular weight excluding hydrogens is 244 g/mol. The van der Waals surface area contributed by atoms with Gasteiger partial charge in [-0.2, -0.15) is 10.2 Å². The molecule has 1 N–H and O–H groups in total. The van der Waals surface area contributed by atoms with Gasteiger partial charge in [0.15, 0.2) is 0 Å². The molecule has 0 bridgehead atoms. The van der Waals surface area contributed by atoms with Crippen LogP contribution in [0, 0.1) is 0 Å². The lowest BCUT2D eigenvalue weighted by atomic mass is 10.3. The molecule has 0 saturated carbocycles. The van der Waals surface area contributed by atoms with Crippen LogP contribution >= 0.6 is 0 Å². The second-order valence-electron chi connectivity index (χ2n) is 4.70. The van der Waals surface area contributed by atoms with Crippen molar-refractivity contribution >= 4 is 11.6 Å². The van der Waals surface area contributed by atoms with E-state index >= 15 is 0 Å². The summed E-state index contributed by atoms with van der Waals surface area (Å²) in [6, 6.07) is -0.150. The monoisotopic (exact) mass is 264 g/mol. The Balaban J connectivity index is 1.88. The maximum Gasteiger partial charge on any atom is 0.241 e. The van der Waals surface area contributed by atoms with Crippen molar-refractivity contribution < 1.29 is 4.79 Å². The topological polar surface area (TPSA) is 75.4 Å². The molecule has 2 rings (SSSR count). The maximum absolute atomic E-state index is 11.9. The van der Waals surface area contributed by atoms with Gasteiger partial charge in [-0.3, -0.25) is 9.80 Å². The Morgan fingerprint density at radius 1 is 1.58 bits per heavy atom. The molecule has 7 nitrogen and oxygen atoms in total. The molecule has 1 aliphatic heterocycles. The lowest BCUT2D eigenvalue weighted by Crippen LogP contribution is -2.36. The van der Waals surface area contributed by atoms with E-state index < -0.39 is 0 Å². The normalized spacial score (nSPS) is 16.4. The SMILES string of the molecule is CCn1ncnc1C(C)NC(=O)CN1CCC(C)=N1. The molecule has 0 aromatic carbocycles. The van der Waals surface area contributed by atoms with Crippen LogP contribution in [-0.2, 0) is 11.3 Å². The van der Waals surface area contributed by atoms with Gasteiger partial charge < -0.3 is 5.32 Å². The van der Waals surface area contributed by atoms with Crippen LogP contribution in [0.3, 0.4) is 0 Å². The van der Waals surface area contributed by atoms with Crippen molar-refractivity contribution in [3.05, 3.63) is 12.2 Å². The Kier molecular flexibility index (Phi) is 4.13. The summed E-state index contributed by atoms with van der Waals surface area (Å²) in [5, 5.41) is 13.1. The number of hydrogen-bond donors (Lipinski definition) is 1.